The van der Waals surface area contributed by atoms with E-state index in [1.165, 1.54) is 6.92 Å². The number of carbonyl (C=O) groups is 2. The normalized spacial score (nSPS) is 10.6. The topological polar surface area (TPSA) is 49.4 Å². The van der Waals surface area contributed by atoms with Crippen molar-refractivity contribution < 1.29 is 9.59 Å². The van der Waals surface area contributed by atoms with Crippen LogP contribution in [0.1, 0.15) is 31.9 Å². The molecule has 0 aliphatic carbocycles. The Morgan fingerprint density at radius 1 is 1.29 bits per heavy atom. The smallest absolute Gasteiger partial charge is 0.223 e. The Bertz CT molecular complexity index is 518. The number of benzene rings is 1. The molecule has 0 heterocycles. The third kappa shape index (κ3) is 4.74. The molecule has 1 aromatic rings. The molecule has 2 amide bonds. The summed E-state index contributed by atoms with van der Waals surface area (Å²) in [6.45, 7) is 9.86. The number of nitrogens with one attached hydrogen (secondary N) is 1. The second-order valence-electron chi connectivity index (χ2n) is 5.53. The molecular weight excluding hydrogens is 288 g/mol. The lowest BCUT2D eigenvalue weighted by Crippen LogP contribution is -2.39. The van der Waals surface area contributed by atoms with Crippen LogP contribution in [0, 0.1) is 19.8 Å². The van der Waals surface area contributed by atoms with Gasteiger partial charge in [0, 0.05) is 25.9 Å². The summed E-state index contributed by atoms with van der Waals surface area (Å²) in [5.74, 6) is -0.187. The first-order valence-electron chi connectivity index (χ1n) is 7.06. The third-order valence-electron chi connectivity index (χ3n) is 3.21. The van der Waals surface area contributed by atoms with Gasteiger partial charge in [-0.3, -0.25) is 9.59 Å². The Morgan fingerprint density at radius 2 is 1.90 bits per heavy atom. The minimum Gasteiger partial charge on any atom is -0.354 e. The van der Waals surface area contributed by atoms with E-state index in [0.29, 0.717) is 23.8 Å². The quantitative estimate of drug-likeness (QED) is 0.908. The van der Waals surface area contributed by atoms with Gasteiger partial charge in [-0.05, 0) is 31.0 Å². The molecule has 1 rings (SSSR count). The molecule has 0 bridgehead atoms. The molecule has 0 aliphatic rings. The molecule has 0 unspecified atom stereocenters. The van der Waals surface area contributed by atoms with Gasteiger partial charge in [0.05, 0.1) is 10.7 Å². The van der Waals surface area contributed by atoms with Crippen LogP contribution in [0.4, 0.5) is 5.69 Å². The molecule has 0 radical (unpaired) electrons. The highest BCUT2D eigenvalue weighted by atomic mass is 35.5. The molecule has 0 aliphatic heterocycles. The number of amides is 2. The molecule has 0 spiro atoms. The minimum absolute atomic E-state index is 0.0229. The number of halogens is 1. The van der Waals surface area contributed by atoms with E-state index in [-0.39, 0.29) is 17.7 Å². The van der Waals surface area contributed by atoms with E-state index in [1.807, 2.05) is 39.8 Å². The first kappa shape index (κ1) is 17.5. The van der Waals surface area contributed by atoms with Gasteiger partial charge in [-0.2, -0.15) is 0 Å². The third-order valence-corrected chi connectivity index (χ3v) is 3.50. The molecular formula is C16H23ClN2O2. The zero-order chi connectivity index (χ0) is 16.2. The van der Waals surface area contributed by atoms with Gasteiger partial charge in [0.1, 0.15) is 0 Å². The van der Waals surface area contributed by atoms with Crippen LogP contribution in [0.25, 0.3) is 0 Å². The summed E-state index contributed by atoms with van der Waals surface area (Å²) in [4.78, 5) is 25.1. The van der Waals surface area contributed by atoms with Crippen LogP contribution < -0.4 is 10.2 Å². The van der Waals surface area contributed by atoms with E-state index in [4.69, 9.17) is 11.6 Å². The van der Waals surface area contributed by atoms with Crippen LogP contribution in [0.15, 0.2) is 12.1 Å². The first-order chi connectivity index (χ1) is 9.73. The van der Waals surface area contributed by atoms with E-state index < -0.39 is 0 Å². The maximum atomic E-state index is 11.9. The number of hydrogen-bond acceptors (Lipinski definition) is 2. The molecule has 0 saturated heterocycles. The Kier molecular flexibility index (Phi) is 6.21. The fourth-order valence-electron chi connectivity index (χ4n) is 2.17. The molecule has 0 aromatic heterocycles. The van der Waals surface area contributed by atoms with Gasteiger partial charge in [-0.15, -0.1) is 0 Å². The van der Waals surface area contributed by atoms with Crippen molar-refractivity contribution in [2.45, 2.75) is 34.6 Å². The van der Waals surface area contributed by atoms with Crippen LogP contribution in [0.2, 0.25) is 5.02 Å². The second-order valence-corrected chi connectivity index (χ2v) is 5.94. The largest absolute Gasteiger partial charge is 0.354 e. The van der Waals surface area contributed by atoms with Crippen molar-refractivity contribution >= 4 is 29.1 Å². The Hall–Kier alpha value is -1.55. The highest BCUT2D eigenvalue weighted by Crippen LogP contribution is 2.31. The average molecular weight is 311 g/mol. The van der Waals surface area contributed by atoms with Gasteiger partial charge in [0.25, 0.3) is 0 Å². The summed E-state index contributed by atoms with van der Waals surface area (Å²) in [6.07, 6.45) is 0. The fraction of sp³-hybridized carbons (Fsp3) is 0.500. The number of nitrogens with zero attached hydrogens (tertiary/aromatic N) is 1. The van der Waals surface area contributed by atoms with Gasteiger partial charge < -0.3 is 10.2 Å². The van der Waals surface area contributed by atoms with E-state index >= 15 is 0 Å². The Labute approximate surface area is 131 Å². The van der Waals surface area contributed by atoms with Crippen molar-refractivity contribution in [2.75, 3.05) is 18.0 Å². The zero-order valence-corrected chi connectivity index (χ0v) is 14.0. The summed E-state index contributed by atoms with van der Waals surface area (Å²) < 4.78 is 0. The Balaban J connectivity index is 2.89. The molecule has 1 aromatic carbocycles. The lowest BCUT2D eigenvalue weighted by atomic mass is 10.1. The summed E-state index contributed by atoms with van der Waals surface area (Å²) in [5, 5.41) is 3.37. The summed E-state index contributed by atoms with van der Waals surface area (Å²) >= 11 is 6.28. The van der Waals surface area contributed by atoms with Crippen LogP contribution >= 0.6 is 11.6 Å². The molecule has 4 nitrogen and oxygen atoms in total. The first-order valence-corrected chi connectivity index (χ1v) is 7.44. The molecule has 0 fully saturated rings. The molecule has 5 heteroatoms. The maximum absolute atomic E-state index is 11.9. The van der Waals surface area contributed by atoms with Crippen LogP contribution in [-0.2, 0) is 9.59 Å². The summed E-state index contributed by atoms with van der Waals surface area (Å²) in [5.41, 5.74) is 2.72. The standard InChI is InChI=1S/C16H23ClN2O2/c1-10(2)16(21)18-6-7-19(13(5)20)15-12(4)8-11(3)9-14(15)17/h8-10H,6-7H2,1-5H3,(H,18,21). The van der Waals surface area contributed by atoms with Gasteiger partial charge in [0.15, 0.2) is 0 Å². The SMILES string of the molecule is CC(=O)N(CCNC(=O)C(C)C)c1c(C)cc(C)cc1Cl. The van der Waals surface area contributed by atoms with E-state index in [9.17, 15) is 9.59 Å². The van der Waals surface area contributed by atoms with Crippen molar-refractivity contribution in [1.29, 1.82) is 0 Å². The number of anilines is 1. The minimum atomic E-state index is -0.0948. The second kappa shape index (κ2) is 7.46. The molecule has 0 saturated carbocycles. The van der Waals surface area contributed by atoms with Crippen LogP contribution in [-0.4, -0.2) is 24.9 Å². The predicted octanol–water partition coefficient (Wildman–Crippen LogP) is 3.08. The molecule has 0 atom stereocenters. The molecule has 116 valence electrons. The lowest BCUT2D eigenvalue weighted by Gasteiger charge is -2.25. The summed E-state index contributed by atoms with van der Waals surface area (Å²) in [6, 6.07) is 3.83. The van der Waals surface area contributed by atoms with Gasteiger partial charge in [-0.25, -0.2) is 0 Å². The maximum Gasteiger partial charge on any atom is 0.223 e. The van der Waals surface area contributed by atoms with Gasteiger partial charge >= 0.3 is 0 Å². The van der Waals surface area contributed by atoms with Crippen molar-refractivity contribution in [3.05, 3.63) is 28.3 Å². The average Bonchev–Trinajstić information content (AvgIpc) is 2.34. The number of rotatable bonds is 5. The number of carbonyl (C=O) groups excluding carboxylic acids is 2. The van der Waals surface area contributed by atoms with Crippen molar-refractivity contribution in [3.8, 4) is 0 Å². The number of aryl methyl sites for hydroxylation is 2. The van der Waals surface area contributed by atoms with Crippen molar-refractivity contribution in [3.63, 3.8) is 0 Å². The summed E-state index contributed by atoms with van der Waals surface area (Å²) in [7, 11) is 0. The fourth-order valence-corrected chi connectivity index (χ4v) is 2.59. The zero-order valence-electron chi connectivity index (χ0n) is 13.3. The van der Waals surface area contributed by atoms with Gasteiger partial charge in [0.2, 0.25) is 11.8 Å². The van der Waals surface area contributed by atoms with Gasteiger partial charge in [-0.1, -0.05) is 31.5 Å². The predicted molar refractivity (Wildman–Crippen MR) is 86.8 cm³/mol. The van der Waals surface area contributed by atoms with Crippen LogP contribution in [0.3, 0.4) is 0 Å². The monoisotopic (exact) mass is 310 g/mol. The molecule has 1 N–H and O–H groups in total. The van der Waals surface area contributed by atoms with Crippen LogP contribution in [0.5, 0.6) is 0 Å². The highest BCUT2D eigenvalue weighted by molar-refractivity contribution is 6.34. The van der Waals surface area contributed by atoms with Crippen molar-refractivity contribution in [1.82, 2.24) is 5.32 Å². The highest BCUT2D eigenvalue weighted by Gasteiger charge is 2.18. The number of hydrogen-bond donors (Lipinski definition) is 1. The van der Waals surface area contributed by atoms with E-state index in [1.54, 1.807) is 4.90 Å². The lowest BCUT2D eigenvalue weighted by molar-refractivity contribution is -0.124. The molecule has 21 heavy (non-hydrogen) atoms. The Morgan fingerprint density at radius 3 is 2.38 bits per heavy atom. The van der Waals surface area contributed by atoms with Crippen molar-refractivity contribution in [2.24, 2.45) is 5.92 Å². The van der Waals surface area contributed by atoms with E-state index in [2.05, 4.69) is 5.32 Å². The van der Waals surface area contributed by atoms with E-state index in [0.717, 1.165) is 11.1 Å².